The Morgan fingerprint density at radius 3 is 2.35 bits per heavy atom. The molecular formula is C19H26N4O5S3. The number of nitrogens with one attached hydrogen (secondary N) is 1. The molecule has 31 heavy (non-hydrogen) atoms. The van der Waals surface area contributed by atoms with E-state index < -0.39 is 26.0 Å². The third kappa shape index (κ3) is 4.98. The fourth-order valence-electron chi connectivity index (χ4n) is 3.31. The van der Waals surface area contributed by atoms with Gasteiger partial charge in [-0.3, -0.25) is 10.1 Å². The maximum absolute atomic E-state index is 12.6. The molecule has 2 heterocycles. The lowest BCUT2D eigenvalue weighted by Crippen LogP contribution is -2.36. The number of hydrogen-bond donors (Lipinski definition) is 1. The molecule has 170 valence electrons. The van der Waals surface area contributed by atoms with Gasteiger partial charge in [0, 0.05) is 43.0 Å². The first-order valence-electron chi connectivity index (χ1n) is 10.00. The van der Waals surface area contributed by atoms with Gasteiger partial charge in [-0.2, -0.15) is 8.61 Å². The van der Waals surface area contributed by atoms with Gasteiger partial charge in [0.1, 0.15) is 0 Å². The van der Waals surface area contributed by atoms with Gasteiger partial charge < -0.3 is 0 Å². The molecule has 0 fully saturated rings. The highest BCUT2D eigenvalue weighted by molar-refractivity contribution is 7.89. The highest BCUT2D eigenvalue weighted by Crippen LogP contribution is 2.30. The second-order valence-electron chi connectivity index (χ2n) is 6.94. The summed E-state index contributed by atoms with van der Waals surface area (Å²) in [6, 6.07) is 5.77. The second kappa shape index (κ2) is 9.33. The molecule has 0 saturated carbocycles. The van der Waals surface area contributed by atoms with E-state index in [4.69, 9.17) is 0 Å². The number of sulfonamides is 2. The highest BCUT2D eigenvalue weighted by Gasteiger charge is 2.28. The summed E-state index contributed by atoms with van der Waals surface area (Å²) in [6.07, 6.45) is 0.499. The molecule has 0 spiro atoms. The molecule has 1 N–H and O–H groups in total. The lowest BCUT2D eigenvalue weighted by Gasteiger charge is -2.24. The number of thiazole rings is 1. The predicted octanol–water partition coefficient (Wildman–Crippen LogP) is 2.13. The van der Waals surface area contributed by atoms with Crippen molar-refractivity contribution in [3.63, 3.8) is 0 Å². The summed E-state index contributed by atoms with van der Waals surface area (Å²) in [5.41, 5.74) is 1.10. The molecule has 9 nitrogen and oxygen atoms in total. The van der Waals surface area contributed by atoms with Crippen molar-refractivity contribution in [2.75, 3.05) is 30.7 Å². The van der Waals surface area contributed by atoms with Crippen molar-refractivity contribution in [2.24, 2.45) is 0 Å². The van der Waals surface area contributed by atoms with Gasteiger partial charge in [-0.05, 0) is 31.2 Å². The Kier molecular flexibility index (Phi) is 7.16. The van der Waals surface area contributed by atoms with Crippen LogP contribution >= 0.6 is 11.3 Å². The summed E-state index contributed by atoms with van der Waals surface area (Å²) in [6.45, 7) is 6.53. The molecule has 1 aromatic heterocycles. The monoisotopic (exact) mass is 486 g/mol. The molecule has 1 aliphatic rings. The summed E-state index contributed by atoms with van der Waals surface area (Å²) in [4.78, 5) is 18.0. The number of benzene rings is 1. The molecule has 0 aliphatic carbocycles. The Balaban J connectivity index is 1.72. The van der Waals surface area contributed by atoms with Crippen LogP contribution in [-0.4, -0.2) is 61.7 Å². The normalized spacial score (nSPS) is 15.1. The maximum atomic E-state index is 12.6. The van der Waals surface area contributed by atoms with Gasteiger partial charge in [0.05, 0.1) is 16.3 Å². The van der Waals surface area contributed by atoms with E-state index in [0.717, 1.165) is 10.6 Å². The number of anilines is 1. The Hall–Kier alpha value is -1.86. The molecule has 0 radical (unpaired) electrons. The Labute approximate surface area is 187 Å². The number of fused-ring (bicyclic) bond motifs is 1. The van der Waals surface area contributed by atoms with Crippen LogP contribution in [0.4, 0.5) is 5.13 Å². The SMILES string of the molecule is CCN(CC)S(=O)(=O)c1ccc(C(=O)Nc2nc3c(s2)CN(S(=O)(=O)CC)CC3)cc1. The summed E-state index contributed by atoms with van der Waals surface area (Å²) in [7, 11) is -6.86. The van der Waals surface area contributed by atoms with Gasteiger partial charge in [0.2, 0.25) is 20.0 Å². The molecular weight excluding hydrogens is 460 g/mol. The van der Waals surface area contributed by atoms with Crippen LogP contribution in [0.2, 0.25) is 0 Å². The quantitative estimate of drug-likeness (QED) is 0.611. The Bertz CT molecular complexity index is 1150. The molecule has 2 aromatic rings. The topological polar surface area (TPSA) is 117 Å². The number of aromatic nitrogens is 1. The van der Waals surface area contributed by atoms with Gasteiger partial charge in [0.15, 0.2) is 5.13 Å². The zero-order chi connectivity index (χ0) is 22.8. The van der Waals surface area contributed by atoms with E-state index in [2.05, 4.69) is 10.3 Å². The first-order valence-corrected chi connectivity index (χ1v) is 13.9. The van der Waals surface area contributed by atoms with Crippen LogP contribution in [0.5, 0.6) is 0 Å². The van der Waals surface area contributed by atoms with Crippen LogP contribution in [0.3, 0.4) is 0 Å². The number of amides is 1. The summed E-state index contributed by atoms with van der Waals surface area (Å²) >= 11 is 1.25. The molecule has 3 rings (SSSR count). The minimum atomic E-state index is -3.59. The van der Waals surface area contributed by atoms with Crippen molar-refractivity contribution < 1.29 is 21.6 Å². The molecule has 0 unspecified atom stereocenters. The Morgan fingerprint density at radius 2 is 1.77 bits per heavy atom. The number of rotatable bonds is 8. The fraction of sp³-hybridized carbons (Fsp3) is 0.474. The van der Waals surface area contributed by atoms with E-state index in [1.807, 2.05) is 0 Å². The van der Waals surface area contributed by atoms with Crippen LogP contribution < -0.4 is 5.32 Å². The second-order valence-corrected chi connectivity index (χ2v) is 12.2. The average Bonchev–Trinajstić information content (AvgIpc) is 3.15. The molecule has 0 saturated heterocycles. The van der Waals surface area contributed by atoms with Crippen molar-refractivity contribution in [1.29, 1.82) is 0 Å². The average molecular weight is 487 g/mol. The lowest BCUT2D eigenvalue weighted by atomic mass is 10.2. The van der Waals surface area contributed by atoms with E-state index in [0.29, 0.717) is 36.8 Å². The van der Waals surface area contributed by atoms with E-state index in [-0.39, 0.29) is 17.2 Å². The first kappa shape index (κ1) is 23.8. The number of carbonyl (C=O) groups excluding carboxylic acids is 1. The minimum absolute atomic E-state index is 0.0463. The first-order chi connectivity index (χ1) is 14.6. The number of carbonyl (C=O) groups is 1. The highest BCUT2D eigenvalue weighted by atomic mass is 32.2. The van der Waals surface area contributed by atoms with Crippen LogP contribution in [0, 0.1) is 0 Å². The maximum Gasteiger partial charge on any atom is 0.257 e. The third-order valence-corrected chi connectivity index (χ3v) is 10.0. The van der Waals surface area contributed by atoms with E-state index in [1.54, 1.807) is 20.8 Å². The zero-order valence-corrected chi connectivity index (χ0v) is 20.1. The molecule has 12 heteroatoms. The fourth-order valence-corrected chi connectivity index (χ4v) is 6.92. The van der Waals surface area contributed by atoms with Gasteiger partial charge in [-0.1, -0.05) is 13.8 Å². The van der Waals surface area contributed by atoms with Crippen molar-refractivity contribution in [3.05, 3.63) is 40.4 Å². The molecule has 0 bridgehead atoms. The molecule has 1 amide bonds. The van der Waals surface area contributed by atoms with Crippen LogP contribution in [-0.2, 0) is 33.0 Å². The van der Waals surface area contributed by atoms with Crippen LogP contribution in [0.15, 0.2) is 29.2 Å². The number of hydrogen-bond acceptors (Lipinski definition) is 7. The van der Waals surface area contributed by atoms with Crippen molar-refractivity contribution >= 4 is 42.4 Å². The minimum Gasteiger partial charge on any atom is -0.298 e. The van der Waals surface area contributed by atoms with E-state index in [9.17, 15) is 21.6 Å². The standard InChI is InChI=1S/C19H26N4O5S3/c1-4-22(5-2)31(27,28)15-9-7-14(8-10-15)18(24)21-19-20-16-11-12-23(13-17(16)29-19)30(25,26)6-3/h7-10H,4-6,11-13H2,1-3H3,(H,20,21,24). The van der Waals surface area contributed by atoms with Gasteiger partial charge in [-0.15, -0.1) is 11.3 Å². The third-order valence-electron chi connectivity index (χ3n) is 5.13. The van der Waals surface area contributed by atoms with Gasteiger partial charge >= 0.3 is 0 Å². The van der Waals surface area contributed by atoms with Crippen molar-refractivity contribution in [1.82, 2.24) is 13.6 Å². The molecule has 0 atom stereocenters. The van der Waals surface area contributed by atoms with E-state index >= 15 is 0 Å². The van der Waals surface area contributed by atoms with Gasteiger partial charge in [0.25, 0.3) is 5.91 Å². The van der Waals surface area contributed by atoms with Crippen LogP contribution in [0.1, 0.15) is 41.7 Å². The van der Waals surface area contributed by atoms with Crippen molar-refractivity contribution in [3.8, 4) is 0 Å². The van der Waals surface area contributed by atoms with Gasteiger partial charge in [-0.25, -0.2) is 21.8 Å². The molecule has 1 aliphatic heterocycles. The van der Waals surface area contributed by atoms with Crippen molar-refractivity contribution in [2.45, 2.75) is 38.6 Å². The number of nitrogens with zero attached hydrogens (tertiary/aromatic N) is 3. The largest absolute Gasteiger partial charge is 0.298 e. The molecule has 1 aromatic carbocycles. The Morgan fingerprint density at radius 1 is 1.13 bits per heavy atom. The lowest BCUT2D eigenvalue weighted by molar-refractivity contribution is 0.102. The summed E-state index contributed by atoms with van der Waals surface area (Å²) in [5, 5.41) is 3.12. The van der Waals surface area contributed by atoms with Crippen LogP contribution in [0.25, 0.3) is 0 Å². The predicted molar refractivity (Wildman–Crippen MR) is 120 cm³/mol. The smallest absolute Gasteiger partial charge is 0.257 e. The summed E-state index contributed by atoms with van der Waals surface area (Å²) in [5.74, 6) is -0.360. The van der Waals surface area contributed by atoms with E-state index in [1.165, 1.54) is 44.2 Å². The summed E-state index contributed by atoms with van der Waals surface area (Å²) < 4.78 is 52.1. The zero-order valence-electron chi connectivity index (χ0n) is 17.7.